The van der Waals surface area contributed by atoms with Gasteiger partial charge in [0.1, 0.15) is 5.75 Å². The summed E-state index contributed by atoms with van der Waals surface area (Å²) < 4.78 is 0. The number of nitrogens with zero attached hydrogens (tertiary/aromatic N) is 1. The van der Waals surface area contributed by atoms with Crippen molar-refractivity contribution in [3.63, 3.8) is 0 Å². The number of rotatable bonds is 2. The van der Waals surface area contributed by atoms with Gasteiger partial charge < -0.3 is 21.1 Å². The average molecular weight is 479 g/mol. The molecule has 11 heteroatoms. The van der Waals surface area contributed by atoms with Crippen molar-refractivity contribution < 1.29 is 39.3 Å². The summed E-state index contributed by atoms with van der Waals surface area (Å²) in [6.07, 6.45) is -0.289. The number of primary amides is 1. The van der Waals surface area contributed by atoms with Crippen molar-refractivity contribution in [2.24, 2.45) is 29.4 Å². The molecule has 0 aromatic heterocycles. The number of hydrogen-bond donors (Lipinski definition) is 4. The number of carbonyl (C=O) groups is 5. The van der Waals surface area contributed by atoms with Crippen LogP contribution in [0.4, 0.5) is 0 Å². The lowest BCUT2D eigenvalue weighted by molar-refractivity contribution is -0.188. The van der Waals surface area contributed by atoms with Crippen LogP contribution in [-0.4, -0.2) is 75.0 Å². The number of fused-ring (bicyclic) bond motifs is 3. The zero-order valence-electron chi connectivity index (χ0n) is 18.0. The van der Waals surface area contributed by atoms with Crippen LogP contribution in [0.25, 0.3) is 0 Å². The Morgan fingerprint density at radius 2 is 1.73 bits per heavy atom. The summed E-state index contributed by atoms with van der Waals surface area (Å²) >= 11 is 6.25. The van der Waals surface area contributed by atoms with Gasteiger partial charge in [-0.05, 0) is 39.6 Å². The van der Waals surface area contributed by atoms with Gasteiger partial charge in [-0.15, -0.1) is 0 Å². The van der Waals surface area contributed by atoms with E-state index >= 15 is 0 Å². The molecule has 1 amide bonds. The van der Waals surface area contributed by atoms with Crippen LogP contribution in [0.3, 0.4) is 0 Å². The van der Waals surface area contributed by atoms with Gasteiger partial charge in [-0.2, -0.15) is 0 Å². The topological polar surface area (TPSA) is 175 Å². The lowest BCUT2D eigenvalue weighted by Crippen LogP contribution is -2.75. The molecule has 2 fully saturated rings. The predicted molar refractivity (Wildman–Crippen MR) is 112 cm³/mol. The maximum atomic E-state index is 13.7. The Morgan fingerprint density at radius 3 is 2.27 bits per heavy atom. The van der Waals surface area contributed by atoms with Gasteiger partial charge in [-0.3, -0.25) is 28.9 Å². The van der Waals surface area contributed by atoms with E-state index in [4.69, 9.17) is 17.3 Å². The van der Waals surface area contributed by atoms with Crippen molar-refractivity contribution in [3.05, 3.63) is 28.3 Å². The predicted octanol–water partition coefficient (Wildman–Crippen LogP) is -0.815. The molecule has 10 nitrogen and oxygen atoms in total. The van der Waals surface area contributed by atoms with E-state index < -0.39 is 75.7 Å². The highest BCUT2D eigenvalue weighted by molar-refractivity contribution is 6.34. The number of phenolic OH excluding ortho intramolecular Hbond substituents is 1. The highest BCUT2D eigenvalue weighted by Gasteiger charge is 2.71. The highest BCUT2D eigenvalue weighted by Crippen LogP contribution is 2.56. The Balaban J connectivity index is 1.97. The summed E-state index contributed by atoms with van der Waals surface area (Å²) in [5.74, 6) is -12.5. The van der Waals surface area contributed by atoms with Crippen LogP contribution >= 0.6 is 11.6 Å². The minimum atomic E-state index is -2.86. The number of Topliss-reactive ketones (excluding diaryl/α,β-unsaturated/α-hetero) is 4. The molecule has 5 N–H and O–H groups in total. The Kier molecular flexibility index (Phi) is 5.10. The van der Waals surface area contributed by atoms with E-state index in [1.54, 1.807) is 0 Å². The molecule has 3 aliphatic rings. The van der Waals surface area contributed by atoms with Crippen LogP contribution in [0.2, 0.25) is 5.02 Å². The van der Waals surface area contributed by atoms with Crippen molar-refractivity contribution >= 4 is 40.6 Å². The fourth-order valence-corrected chi connectivity index (χ4v) is 6.30. The first-order valence-electron chi connectivity index (χ1n) is 10.3. The SMILES string of the molecule is CN(C)[C@@H]1C(=O)C(C(N)=O)C(=O)[C@@]2(O)C(=O)C3C(=O)c4c(O)ccc(Cl)c4[C@@](C)(O)C3C[C@@H]12. The van der Waals surface area contributed by atoms with Gasteiger partial charge in [0.25, 0.3) is 0 Å². The summed E-state index contributed by atoms with van der Waals surface area (Å²) in [7, 11) is 2.95. The van der Waals surface area contributed by atoms with E-state index in [1.165, 1.54) is 32.0 Å². The number of phenols is 1. The standard InChI is InChI=1S/C22H23ClN2O8/c1-21(32)7-6-8-15(25(2)3)17(28)13(20(24)31)19(30)22(8,33)18(29)11(7)16(27)12-10(26)5-4-9(23)14(12)21/h4-5,7-8,11,13,15,26,32-33H,6H2,1-3H3,(H2,24,31)/t7?,8-,11?,13?,15-,21-,22-/m0/s1. The minimum Gasteiger partial charge on any atom is -0.507 e. The summed E-state index contributed by atoms with van der Waals surface area (Å²) in [5, 5.41) is 33.3. The van der Waals surface area contributed by atoms with E-state index in [0.717, 1.165) is 6.07 Å². The van der Waals surface area contributed by atoms with Gasteiger partial charge in [-0.25, -0.2) is 0 Å². The van der Waals surface area contributed by atoms with Crippen molar-refractivity contribution in [1.29, 1.82) is 0 Å². The molecule has 3 unspecified atom stereocenters. The first-order valence-corrected chi connectivity index (χ1v) is 10.7. The number of aromatic hydroxyl groups is 1. The molecule has 0 radical (unpaired) electrons. The number of halogens is 1. The van der Waals surface area contributed by atoms with Crippen LogP contribution in [-0.2, 0) is 24.8 Å². The van der Waals surface area contributed by atoms with E-state index in [9.17, 15) is 39.3 Å². The molecule has 176 valence electrons. The molecule has 0 aliphatic heterocycles. The van der Waals surface area contributed by atoms with Crippen LogP contribution < -0.4 is 5.73 Å². The summed E-state index contributed by atoms with van der Waals surface area (Å²) in [6, 6.07) is 1.17. The zero-order chi connectivity index (χ0) is 24.8. The fourth-order valence-electron chi connectivity index (χ4n) is 5.95. The molecule has 0 spiro atoms. The molecule has 0 saturated heterocycles. The van der Waals surface area contributed by atoms with Crippen molar-refractivity contribution in [3.8, 4) is 5.75 Å². The number of aliphatic hydroxyl groups is 2. The van der Waals surface area contributed by atoms with Crippen molar-refractivity contribution in [2.45, 2.75) is 30.6 Å². The van der Waals surface area contributed by atoms with Crippen LogP contribution in [0.5, 0.6) is 5.75 Å². The van der Waals surface area contributed by atoms with E-state index in [0.29, 0.717) is 0 Å². The van der Waals surface area contributed by atoms with Gasteiger partial charge in [-0.1, -0.05) is 11.6 Å². The summed E-state index contributed by atoms with van der Waals surface area (Å²) in [4.78, 5) is 66.6. The number of nitrogens with two attached hydrogens (primary N) is 1. The second-order valence-electron chi connectivity index (χ2n) is 9.40. The first-order chi connectivity index (χ1) is 15.2. The van der Waals surface area contributed by atoms with E-state index in [1.807, 2.05) is 0 Å². The molecule has 2 saturated carbocycles. The maximum Gasteiger partial charge on any atom is 0.235 e. The van der Waals surface area contributed by atoms with Crippen molar-refractivity contribution in [1.82, 2.24) is 4.90 Å². The first kappa shape index (κ1) is 23.5. The third-order valence-electron chi connectivity index (χ3n) is 7.43. The number of ketones is 4. The highest BCUT2D eigenvalue weighted by atomic mass is 35.5. The third kappa shape index (κ3) is 2.81. The van der Waals surface area contributed by atoms with Crippen LogP contribution in [0.1, 0.15) is 29.3 Å². The fraction of sp³-hybridized carbons (Fsp3) is 0.500. The molecular formula is C22H23ClN2O8. The van der Waals surface area contributed by atoms with Gasteiger partial charge in [0.15, 0.2) is 34.7 Å². The normalized spacial score (nSPS) is 38.1. The molecule has 4 rings (SSSR count). The molecule has 1 aromatic carbocycles. The third-order valence-corrected chi connectivity index (χ3v) is 7.75. The summed E-state index contributed by atoms with van der Waals surface area (Å²) in [6.45, 7) is 1.32. The molecule has 1 aromatic rings. The maximum absolute atomic E-state index is 13.7. The van der Waals surface area contributed by atoms with Gasteiger partial charge >= 0.3 is 0 Å². The number of benzene rings is 1. The Morgan fingerprint density at radius 1 is 1.12 bits per heavy atom. The lowest BCUT2D eigenvalue weighted by Gasteiger charge is -2.55. The van der Waals surface area contributed by atoms with E-state index in [2.05, 4.69) is 0 Å². The second-order valence-corrected chi connectivity index (χ2v) is 9.80. The zero-order valence-corrected chi connectivity index (χ0v) is 18.8. The van der Waals surface area contributed by atoms with Crippen LogP contribution in [0.15, 0.2) is 12.1 Å². The van der Waals surface area contributed by atoms with Crippen LogP contribution in [0, 0.1) is 23.7 Å². The summed E-state index contributed by atoms with van der Waals surface area (Å²) in [5.41, 5.74) is 0.0293. The van der Waals surface area contributed by atoms with E-state index in [-0.39, 0.29) is 22.6 Å². The molecule has 0 bridgehead atoms. The number of carbonyl (C=O) groups excluding carboxylic acids is 5. The number of amides is 1. The lowest BCUT2D eigenvalue weighted by atomic mass is 9.49. The second kappa shape index (κ2) is 7.17. The Hall–Kier alpha value is -2.66. The van der Waals surface area contributed by atoms with Gasteiger partial charge in [0.05, 0.1) is 23.1 Å². The average Bonchev–Trinajstić information content (AvgIpc) is 2.69. The smallest absolute Gasteiger partial charge is 0.235 e. The Labute approximate surface area is 193 Å². The molecule has 7 atom stereocenters. The molecule has 3 aliphatic carbocycles. The molecule has 33 heavy (non-hydrogen) atoms. The Bertz CT molecular complexity index is 1150. The van der Waals surface area contributed by atoms with Gasteiger partial charge in [0.2, 0.25) is 5.91 Å². The monoisotopic (exact) mass is 478 g/mol. The largest absolute Gasteiger partial charge is 0.507 e. The van der Waals surface area contributed by atoms with Crippen molar-refractivity contribution in [2.75, 3.05) is 14.1 Å². The number of likely N-dealkylation sites (N-methyl/N-ethyl adjacent to an activating group) is 1. The quantitative estimate of drug-likeness (QED) is 0.396. The van der Waals surface area contributed by atoms with Gasteiger partial charge in [0, 0.05) is 22.4 Å². The molecule has 0 heterocycles. The number of hydrogen-bond acceptors (Lipinski definition) is 9. The minimum absolute atomic E-state index is 0.0124. The molecular weight excluding hydrogens is 456 g/mol.